The van der Waals surface area contributed by atoms with Gasteiger partial charge in [-0.3, -0.25) is 9.69 Å². The second-order valence-electron chi connectivity index (χ2n) is 7.93. The van der Waals surface area contributed by atoms with Gasteiger partial charge < -0.3 is 9.88 Å². The lowest BCUT2D eigenvalue weighted by Crippen LogP contribution is -2.21. The van der Waals surface area contributed by atoms with Gasteiger partial charge in [-0.25, -0.2) is 9.37 Å². The molecule has 10 heteroatoms. The van der Waals surface area contributed by atoms with Gasteiger partial charge in [0.05, 0.1) is 24.0 Å². The van der Waals surface area contributed by atoms with Crippen molar-refractivity contribution in [2.75, 3.05) is 25.2 Å². The summed E-state index contributed by atoms with van der Waals surface area (Å²) < 4.78 is 15.2. The summed E-state index contributed by atoms with van der Waals surface area (Å²) in [6, 6.07) is 16.3. The summed E-state index contributed by atoms with van der Waals surface area (Å²) in [7, 11) is 4.00. The van der Waals surface area contributed by atoms with Crippen molar-refractivity contribution in [2.24, 2.45) is 0 Å². The van der Waals surface area contributed by atoms with Crippen LogP contribution in [-0.2, 0) is 11.3 Å². The number of rotatable bonds is 9. The number of hydrogen-bond donors (Lipinski definition) is 1. The molecule has 2 aromatic heterocycles. The fraction of sp³-hybridized carbons (Fsp3) is 0.250. The zero-order valence-electron chi connectivity index (χ0n) is 19.1. The van der Waals surface area contributed by atoms with Gasteiger partial charge in [-0.05, 0) is 50.8 Å². The summed E-state index contributed by atoms with van der Waals surface area (Å²) in [6.07, 6.45) is 0. The molecule has 1 amide bonds. The number of thioether (sulfide) groups is 1. The van der Waals surface area contributed by atoms with Crippen molar-refractivity contribution in [2.45, 2.75) is 24.7 Å². The molecule has 4 aromatic rings. The third kappa shape index (κ3) is 5.88. The Morgan fingerprint density at radius 3 is 2.59 bits per heavy atom. The van der Waals surface area contributed by atoms with Crippen LogP contribution in [0.2, 0.25) is 0 Å². The van der Waals surface area contributed by atoms with Gasteiger partial charge in [-0.15, -0.1) is 21.5 Å². The largest absolute Gasteiger partial charge is 0.301 e. The molecule has 1 unspecified atom stereocenters. The summed E-state index contributed by atoms with van der Waals surface area (Å²) in [5.74, 6) is 0.546. The molecule has 0 saturated heterocycles. The van der Waals surface area contributed by atoms with E-state index in [9.17, 15) is 9.18 Å². The molecule has 0 fully saturated rings. The second-order valence-corrected chi connectivity index (χ2v) is 9.73. The normalized spacial score (nSPS) is 12.1. The van der Waals surface area contributed by atoms with Crippen molar-refractivity contribution in [3.05, 3.63) is 77.2 Å². The molecule has 2 aromatic carbocycles. The molecule has 1 N–H and O–H groups in total. The highest BCUT2D eigenvalue weighted by molar-refractivity contribution is 7.99. The quantitative estimate of drug-likeness (QED) is 0.331. The molecule has 0 bridgehead atoms. The van der Waals surface area contributed by atoms with Crippen LogP contribution < -0.4 is 5.32 Å². The molecule has 176 valence electrons. The van der Waals surface area contributed by atoms with E-state index in [1.54, 1.807) is 12.1 Å². The van der Waals surface area contributed by atoms with Crippen LogP contribution in [0.25, 0.3) is 11.3 Å². The van der Waals surface area contributed by atoms with E-state index in [0.717, 1.165) is 17.0 Å². The van der Waals surface area contributed by atoms with Crippen LogP contribution in [-0.4, -0.2) is 50.4 Å². The first-order valence-corrected chi connectivity index (χ1v) is 12.5. The van der Waals surface area contributed by atoms with Gasteiger partial charge in [0.2, 0.25) is 5.91 Å². The summed E-state index contributed by atoms with van der Waals surface area (Å²) in [4.78, 5) is 19.1. The molecule has 0 aliphatic rings. The smallest absolute Gasteiger partial charge is 0.236 e. The van der Waals surface area contributed by atoms with Crippen LogP contribution in [0, 0.1) is 5.82 Å². The van der Waals surface area contributed by atoms with Crippen molar-refractivity contribution in [1.82, 2.24) is 24.6 Å². The van der Waals surface area contributed by atoms with E-state index >= 15 is 0 Å². The summed E-state index contributed by atoms with van der Waals surface area (Å²) in [6.45, 7) is 2.70. The Morgan fingerprint density at radius 2 is 1.88 bits per heavy atom. The number of carbonyl (C=O) groups excluding carboxylic acids is 1. The number of amides is 1. The lowest BCUT2D eigenvalue weighted by atomic mass is 10.2. The van der Waals surface area contributed by atoms with E-state index in [2.05, 4.69) is 49.0 Å². The number of nitrogens with one attached hydrogen (secondary N) is 1. The fourth-order valence-corrected chi connectivity index (χ4v) is 4.71. The molecule has 0 saturated carbocycles. The molecule has 0 spiro atoms. The average molecular weight is 497 g/mol. The van der Waals surface area contributed by atoms with Gasteiger partial charge >= 0.3 is 0 Å². The van der Waals surface area contributed by atoms with Crippen LogP contribution in [0.5, 0.6) is 0 Å². The number of aromatic nitrogens is 4. The average Bonchev–Trinajstić information content (AvgIpc) is 3.45. The van der Waals surface area contributed by atoms with Crippen molar-refractivity contribution >= 4 is 34.1 Å². The Kier molecular flexibility index (Phi) is 7.71. The third-order valence-corrected chi connectivity index (χ3v) is 7.02. The number of carbonyl (C=O) groups is 1. The zero-order valence-corrected chi connectivity index (χ0v) is 20.7. The SMILES string of the molecule is CC(c1nnc(SCC(=O)Nc2nc(-c3ccc(F)cc3)cs2)n1Cc1ccccc1)N(C)C. The van der Waals surface area contributed by atoms with Gasteiger partial charge in [-0.2, -0.15) is 0 Å². The lowest BCUT2D eigenvalue weighted by Gasteiger charge is -2.20. The van der Waals surface area contributed by atoms with E-state index in [-0.39, 0.29) is 23.5 Å². The summed E-state index contributed by atoms with van der Waals surface area (Å²) in [5.41, 5.74) is 2.62. The number of thiazole rings is 1. The minimum absolute atomic E-state index is 0.0691. The molecular weight excluding hydrogens is 471 g/mol. The number of nitrogens with zero attached hydrogens (tertiary/aromatic N) is 5. The van der Waals surface area contributed by atoms with Gasteiger partial charge in [0, 0.05) is 10.9 Å². The van der Waals surface area contributed by atoms with Crippen LogP contribution in [0.1, 0.15) is 24.4 Å². The highest BCUT2D eigenvalue weighted by atomic mass is 32.2. The topological polar surface area (TPSA) is 75.9 Å². The van der Waals surface area contributed by atoms with E-state index in [0.29, 0.717) is 22.5 Å². The highest BCUT2D eigenvalue weighted by Gasteiger charge is 2.21. The Labute approximate surface area is 206 Å². The third-order valence-electron chi connectivity index (χ3n) is 5.30. The van der Waals surface area contributed by atoms with E-state index in [1.165, 1.54) is 35.2 Å². The van der Waals surface area contributed by atoms with Crippen molar-refractivity contribution < 1.29 is 9.18 Å². The monoisotopic (exact) mass is 496 g/mol. The molecule has 2 heterocycles. The molecule has 34 heavy (non-hydrogen) atoms. The first-order valence-electron chi connectivity index (χ1n) is 10.7. The predicted molar refractivity (Wildman–Crippen MR) is 135 cm³/mol. The standard InChI is InChI=1S/C24H25FN6OS2/c1-16(30(2)3)22-28-29-24(31(22)13-17-7-5-4-6-8-17)34-15-21(32)27-23-26-20(14-33-23)18-9-11-19(25)12-10-18/h4-12,14,16H,13,15H2,1-3H3,(H,26,27,32). The highest BCUT2D eigenvalue weighted by Crippen LogP contribution is 2.27. The van der Waals surface area contributed by atoms with Gasteiger partial charge in [0.1, 0.15) is 5.82 Å². The Balaban J connectivity index is 1.43. The summed E-state index contributed by atoms with van der Waals surface area (Å²) in [5, 5.41) is 14.7. The maximum atomic E-state index is 13.1. The van der Waals surface area contributed by atoms with Crippen molar-refractivity contribution in [3.8, 4) is 11.3 Å². The minimum atomic E-state index is -0.298. The molecule has 0 aliphatic heterocycles. The van der Waals surface area contributed by atoms with Crippen molar-refractivity contribution in [1.29, 1.82) is 0 Å². The summed E-state index contributed by atoms with van der Waals surface area (Å²) >= 11 is 2.67. The van der Waals surface area contributed by atoms with Crippen LogP contribution in [0.15, 0.2) is 65.1 Å². The van der Waals surface area contributed by atoms with Gasteiger partial charge in [0.15, 0.2) is 16.1 Å². The maximum absolute atomic E-state index is 13.1. The Morgan fingerprint density at radius 1 is 1.15 bits per heavy atom. The maximum Gasteiger partial charge on any atom is 0.236 e. The predicted octanol–water partition coefficient (Wildman–Crippen LogP) is 4.94. The minimum Gasteiger partial charge on any atom is -0.301 e. The number of benzene rings is 2. The molecule has 0 aliphatic carbocycles. The molecular formula is C24H25FN6OS2. The van der Waals surface area contributed by atoms with E-state index in [4.69, 9.17) is 0 Å². The first kappa shape index (κ1) is 24.1. The van der Waals surface area contributed by atoms with Crippen LogP contribution in [0.3, 0.4) is 0 Å². The van der Waals surface area contributed by atoms with E-state index in [1.807, 2.05) is 37.7 Å². The fourth-order valence-electron chi connectivity index (χ4n) is 3.23. The Hall–Kier alpha value is -3.08. The number of anilines is 1. The zero-order chi connectivity index (χ0) is 24.1. The van der Waals surface area contributed by atoms with Gasteiger partial charge in [0.25, 0.3) is 0 Å². The number of halogens is 1. The first-order chi connectivity index (χ1) is 16.4. The van der Waals surface area contributed by atoms with Crippen molar-refractivity contribution in [3.63, 3.8) is 0 Å². The van der Waals surface area contributed by atoms with Crippen LogP contribution >= 0.6 is 23.1 Å². The lowest BCUT2D eigenvalue weighted by molar-refractivity contribution is -0.113. The van der Waals surface area contributed by atoms with E-state index < -0.39 is 0 Å². The Bertz CT molecular complexity index is 1240. The molecule has 4 rings (SSSR count). The number of hydrogen-bond acceptors (Lipinski definition) is 7. The molecule has 7 nitrogen and oxygen atoms in total. The molecule has 1 atom stereocenters. The van der Waals surface area contributed by atoms with Crippen LogP contribution in [0.4, 0.5) is 9.52 Å². The molecule has 0 radical (unpaired) electrons. The second kappa shape index (κ2) is 10.9. The van der Waals surface area contributed by atoms with Gasteiger partial charge in [-0.1, -0.05) is 42.1 Å².